The zero-order valence-electron chi connectivity index (χ0n) is 10.3. The first-order valence-electron chi connectivity index (χ1n) is 6.09. The molecule has 15 heavy (non-hydrogen) atoms. The Morgan fingerprint density at radius 2 is 2.07 bits per heavy atom. The molecule has 1 unspecified atom stereocenters. The number of hydrogen-bond acceptors (Lipinski definition) is 3. The van der Waals surface area contributed by atoms with Crippen LogP contribution < -0.4 is 5.32 Å². The molecule has 0 radical (unpaired) electrons. The van der Waals surface area contributed by atoms with E-state index in [0.29, 0.717) is 19.1 Å². The Morgan fingerprint density at radius 1 is 1.33 bits per heavy atom. The Morgan fingerprint density at radius 3 is 2.67 bits per heavy atom. The molecule has 0 bridgehead atoms. The van der Waals surface area contributed by atoms with Crippen molar-refractivity contribution in [3.63, 3.8) is 0 Å². The van der Waals surface area contributed by atoms with Crippen molar-refractivity contribution in [1.29, 1.82) is 0 Å². The summed E-state index contributed by atoms with van der Waals surface area (Å²) in [4.78, 5) is 11.2. The Kier molecular flexibility index (Phi) is 9.59. The molecule has 3 nitrogen and oxygen atoms in total. The molecular formula is C12H25NO2. The van der Waals surface area contributed by atoms with Crippen molar-refractivity contribution >= 4 is 5.97 Å². The van der Waals surface area contributed by atoms with Crippen molar-refractivity contribution in [2.45, 2.75) is 58.9 Å². The van der Waals surface area contributed by atoms with Gasteiger partial charge in [0.15, 0.2) is 0 Å². The van der Waals surface area contributed by atoms with Gasteiger partial charge in [0, 0.05) is 12.5 Å². The molecule has 0 aliphatic carbocycles. The lowest BCUT2D eigenvalue weighted by Gasteiger charge is -2.10. The minimum atomic E-state index is -0.0607. The first-order valence-corrected chi connectivity index (χ1v) is 6.09. The topological polar surface area (TPSA) is 38.3 Å². The van der Waals surface area contributed by atoms with E-state index in [2.05, 4.69) is 26.1 Å². The molecule has 90 valence electrons. The van der Waals surface area contributed by atoms with Gasteiger partial charge in [0.05, 0.1) is 6.61 Å². The Labute approximate surface area is 93.6 Å². The average Bonchev–Trinajstić information content (AvgIpc) is 2.24. The zero-order valence-corrected chi connectivity index (χ0v) is 10.3. The highest BCUT2D eigenvalue weighted by atomic mass is 16.5. The molecule has 0 aromatic heterocycles. The van der Waals surface area contributed by atoms with Crippen LogP contribution in [-0.2, 0) is 9.53 Å². The number of ether oxygens (including phenoxy) is 1. The van der Waals surface area contributed by atoms with Gasteiger partial charge in [-0.05, 0) is 32.7 Å². The third-order valence-electron chi connectivity index (χ3n) is 2.42. The fraction of sp³-hybridized carbons (Fsp3) is 0.917. The van der Waals surface area contributed by atoms with Crippen molar-refractivity contribution in [2.75, 3.05) is 13.2 Å². The first-order chi connectivity index (χ1) is 7.20. The molecule has 0 aliphatic heterocycles. The Balaban J connectivity index is 3.23. The number of hydrogen-bond donors (Lipinski definition) is 1. The fourth-order valence-corrected chi connectivity index (χ4v) is 1.13. The van der Waals surface area contributed by atoms with Crippen LogP contribution in [0.2, 0.25) is 0 Å². The third-order valence-corrected chi connectivity index (χ3v) is 2.42. The minimum Gasteiger partial charge on any atom is -0.466 e. The summed E-state index contributed by atoms with van der Waals surface area (Å²) in [5, 5.41) is 3.35. The monoisotopic (exact) mass is 215 g/mol. The second-order valence-electron chi connectivity index (χ2n) is 3.94. The Hall–Kier alpha value is -0.570. The van der Waals surface area contributed by atoms with Crippen molar-refractivity contribution in [3.8, 4) is 0 Å². The van der Waals surface area contributed by atoms with Gasteiger partial charge in [-0.3, -0.25) is 4.79 Å². The minimum absolute atomic E-state index is 0.0607. The van der Waals surface area contributed by atoms with Gasteiger partial charge < -0.3 is 10.1 Å². The number of carbonyl (C=O) groups excluding carboxylic acids is 1. The number of unbranched alkanes of at least 4 members (excludes halogenated alkanes) is 1. The van der Waals surface area contributed by atoms with E-state index in [0.717, 1.165) is 32.2 Å². The molecule has 1 atom stereocenters. The summed E-state index contributed by atoms with van der Waals surface area (Å²) < 4.78 is 5.05. The maximum absolute atomic E-state index is 11.2. The lowest BCUT2D eigenvalue weighted by Crippen LogP contribution is -2.26. The van der Waals surface area contributed by atoms with Gasteiger partial charge in [-0.2, -0.15) is 0 Å². The smallest absolute Gasteiger partial charge is 0.305 e. The summed E-state index contributed by atoms with van der Waals surface area (Å²) in [5.74, 6) is -0.0607. The van der Waals surface area contributed by atoms with E-state index in [1.165, 1.54) is 0 Å². The maximum Gasteiger partial charge on any atom is 0.305 e. The molecular weight excluding hydrogens is 190 g/mol. The van der Waals surface area contributed by atoms with E-state index in [-0.39, 0.29) is 5.97 Å². The molecule has 0 aromatic rings. The van der Waals surface area contributed by atoms with Crippen LogP contribution in [0.25, 0.3) is 0 Å². The molecule has 0 spiro atoms. The van der Waals surface area contributed by atoms with Gasteiger partial charge in [0.25, 0.3) is 0 Å². The maximum atomic E-state index is 11.2. The summed E-state index contributed by atoms with van der Waals surface area (Å²) in [6.07, 6.45) is 4.57. The molecule has 0 amide bonds. The highest BCUT2D eigenvalue weighted by Crippen LogP contribution is 1.96. The second kappa shape index (κ2) is 9.97. The lowest BCUT2D eigenvalue weighted by atomic mass is 10.2. The summed E-state index contributed by atoms with van der Waals surface area (Å²) in [5.41, 5.74) is 0. The van der Waals surface area contributed by atoms with E-state index >= 15 is 0 Å². The van der Waals surface area contributed by atoms with Crippen LogP contribution in [0, 0.1) is 0 Å². The van der Waals surface area contributed by atoms with Gasteiger partial charge in [-0.1, -0.05) is 20.3 Å². The number of nitrogens with one attached hydrogen (secondary N) is 1. The van der Waals surface area contributed by atoms with E-state index in [4.69, 9.17) is 4.74 Å². The van der Waals surface area contributed by atoms with Crippen LogP contribution in [-0.4, -0.2) is 25.2 Å². The fourth-order valence-electron chi connectivity index (χ4n) is 1.13. The van der Waals surface area contributed by atoms with Crippen molar-refractivity contribution in [2.24, 2.45) is 0 Å². The van der Waals surface area contributed by atoms with Gasteiger partial charge >= 0.3 is 5.97 Å². The molecule has 3 heteroatoms. The molecule has 0 saturated heterocycles. The van der Waals surface area contributed by atoms with E-state index in [9.17, 15) is 4.79 Å². The predicted molar refractivity (Wildman–Crippen MR) is 62.9 cm³/mol. The SMILES string of the molecule is CCCCOC(=O)CCCNC(C)CC. The van der Waals surface area contributed by atoms with Crippen molar-refractivity contribution < 1.29 is 9.53 Å². The number of carbonyl (C=O) groups is 1. The Bertz CT molecular complexity index is 160. The predicted octanol–water partition coefficient (Wildman–Crippen LogP) is 2.50. The van der Waals surface area contributed by atoms with Gasteiger partial charge in [0.2, 0.25) is 0 Å². The standard InChI is InChI=1S/C12H25NO2/c1-4-6-10-15-12(14)8-7-9-13-11(3)5-2/h11,13H,4-10H2,1-3H3. The van der Waals surface area contributed by atoms with Gasteiger partial charge in [-0.15, -0.1) is 0 Å². The third kappa shape index (κ3) is 9.73. The van der Waals surface area contributed by atoms with E-state index in [1.807, 2.05) is 0 Å². The zero-order chi connectivity index (χ0) is 11.5. The highest BCUT2D eigenvalue weighted by molar-refractivity contribution is 5.69. The van der Waals surface area contributed by atoms with Crippen LogP contribution in [0.1, 0.15) is 52.9 Å². The molecule has 0 aliphatic rings. The van der Waals surface area contributed by atoms with Gasteiger partial charge in [0.1, 0.15) is 0 Å². The van der Waals surface area contributed by atoms with E-state index in [1.54, 1.807) is 0 Å². The van der Waals surface area contributed by atoms with Crippen molar-refractivity contribution in [3.05, 3.63) is 0 Å². The average molecular weight is 215 g/mol. The molecule has 0 rings (SSSR count). The van der Waals surface area contributed by atoms with Gasteiger partial charge in [-0.25, -0.2) is 0 Å². The quantitative estimate of drug-likeness (QED) is 0.474. The molecule has 1 N–H and O–H groups in total. The van der Waals surface area contributed by atoms with E-state index < -0.39 is 0 Å². The van der Waals surface area contributed by atoms with Crippen molar-refractivity contribution in [1.82, 2.24) is 5.32 Å². The first kappa shape index (κ1) is 14.4. The summed E-state index contributed by atoms with van der Waals surface area (Å²) in [6, 6.07) is 0.543. The molecule has 0 heterocycles. The second-order valence-corrected chi connectivity index (χ2v) is 3.94. The molecule has 0 saturated carbocycles. The summed E-state index contributed by atoms with van der Waals surface area (Å²) in [7, 11) is 0. The number of rotatable bonds is 9. The highest BCUT2D eigenvalue weighted by Gasteiger charge is 2.02. The summed E-state index contributed by atoms with van der Waals surface area (Å²) >= 11 is 0. The summed E-state index contributed by atoms with van der Waals surface area (Å²) in [6.45, 7) is 7.87. The molecule has 0 fully saturated rings. The van der Waals surface area contributed by atoms with Crippen LogP contribution >= 0.6 is 0 Å². The van der Waals surface area contributed by atoms with Crippen LogP contribution in [0.15, 0.2) is 0 Å². The number of esters is 1. The lowest BCUT2D eigenvalue weighted by molar-refractivity contribution is -0.143. The molecule has 0 aromatic carbocycles. The van der Waals surface area contributed by atoms with Crippen LogP contribution in [0.5, 0.6) is 0 Å². The van der Waals surface area contributed by atoms with Crippen LogP contribution in [0.3, 0.4) is 0 Å². The largest absolute Gasteiger partial charge is 0.466 e. The normalized spacial score (nSPS) is 12.5. The van der Waals surface area contributed by atoms with Crippen LogP contribution in [0.4, 0.5) is 0 Å².